The summed E-state index contributed by atoms with van der Waals surface area (Å²) in [5.41, 5.74) is 4.22. The number of hydrogen-bond acceptors (Lipinski definition) is 16. The van der Waals surface area contributed by atoms with Gasteiger partial charge in [-0.25, -0.2) is 14.8 Å². The third-order valence-corrected chi connectivity index (χ3v) is 13.0. The Morgan fingerprint density at radius 3 is 2.05 bits per heavy atom. The molecule has 2 aliphatic heterocycles. The second-order valence-corrected chi connectivity index (χ2v) is 18.2. The molecule has 2 aromatic heterocycles. The molecule has 0 bridgehead atoms. The average molecular weight is 1050 g/mol. The van der Waals surface area contributed by atoms with Gasteiger partial charge in [0.25, 0.3) is 17.7 Å². The van der Waals surface area contributed by atoms with E-state index >= 15 is 0 Å². The number of nitrogens with one attached hydrogen (secondary N) is 4. The number of imide groups is 2. The van der Waals surface area contributed by atoms with Crippen LogP contribution in [0.15, 0.2) is 109 Å². The number of hydrogen-bond donors (Lipinski definition) is 4. The highest BCUT2D eigenvalue weighted by Crippen LogP contribution is 2.34. The number of carbonyl (C=O) groups excluding carboxylic acids is 6. The van der Waals surface area contributed by atoms with Gasteiger partial charge >= 0.3 is 6.03 Å². The predicted molar refractivity (Wildman–Crippen MR) is 280 cm³/mol. The Hall–Kier alpha value is -8.29. The molecule has 2 fully saturated rings. The summed E-state index contributed by atoms with van der Waals surface area (Å²) >= 11 is 0. The molecule has 1 saturated heterocycles. The number of benzene rings is 3. The van der Waals surface area contributed by atoms with E-state index in [1.54, 1.807) is 18.5 Å². The number of anilines is 2. The maximum atomic E-state index is 13.9. The molecular weight excluding hydrogens is 991 g/mol. The van der Waals surface area contributed by atoms with Crippen molar-refractivity contribution in [1.82, 2.24) is 30.8 Å². The molecule has 77 heavy (non-hydrogen) atoms. The van der Waals surface area contributed by atoms with Gasteiger partial charge in [0, 0.05) is 61.3 Å². The van der Waals surface area contributed by atoms with Crippen molar-refractivity contribution in [3.05, 3.63) is 132 Å². The van der Waals surface area contributed by atoms with E-state index in [-0.39, 0.29) is 61.0 Å². The van der Waals surface area contributed by atoms with Gasteiger partial charge < -0.3 is 44.4 Å². The molecule has 21 nitrogen and oxygen atoms in total. The number of rotatable bonds is 27. The van der Waals surface area contributed by atoms with Crippen molar-refractivity contribution in [2.75, 3.05) is 82.8 Å². The van der Waals surface area contributed by atoms with Crippen LogP contribution in [0.25, 0.3) is 11.1 Å². The van der Waals surface area contributed by atoms with Gasteiger partial charge in [0.15, 0.2) is 6.61 Å². The van der Waals surface area contributed by atoms with E-state index in [2.05, 4.69) is 37.3 Å². The van der Waals surface area contributed by atoms with Crippen LogP contribution in [0, 0.1) is 11.3 Å². The fourth-order valence-electron chi connectivity index (χ4n) is 9.06. The van der Waals surface area contributed by atoms with Gasteiger partial charge in [0.1, 0.15) is 30.3 Å². The van der Waals surface area contributed by atoms with Crippen molar-refractivity contribution in [2.24, 2.45) is 0 Å². The van der Waals surface area contributed by atoms with Crippen LogP contribution >= 0.6 is 0 Å². The molecule has 1 unspecified atom stereocenters. The first kappa shape index (κ1) is 55.0. The van der Waals surface area contributed by atoms with Crippen LogP contribution in [0.5, 0.6) is 11.6 Å². The standard InChI is InChI=1S/C56H61N9O12/c57-33-39-9-20-48(59-35-39)62-42-13-17-44(18-14-42)64(56(71)61-34-38-5-2-1-3-6-38)43-15-10-40(11-16-43)41-12-22-51(60-36-41)76-32-31-75-30-29-74-28-27-73-26-25-72-24-23-58-50(67)37-77-47-8-4-7-45-52(47)55(70)65(54(45)69)46-19-21-49(66)63-53(46)68/h1-12,15-16,20,22,35-36,42,44,46H,13-14,17-19,21,23-32,34,37H2,(H,58,67)(H,59,62)(H,61,71)(H,63,66,68). The lowest BCUT2D eigenvalue weighted by Gasteiger charge is -2.37. The second kappa shape index (κ2) is 28.0. The van der Waals surface area contributed by atoms with E-state index in [0.717, 1.165) is 58.8 Å². The van der Waals surface area contributed by atoms with E-state index in [1.165, 1.54) is 18.2 Å². The van der Waals surface area contributed by atoms with E-state index in [0.29, 0.717) is 70.8 Å². The normalized spacial score (nSPS) is 17.0. The van der Waals surface area contributed by atoms with Gasteiger partial charge in [-0.2, -0.15) is 5.26 Å². The smallest absolute Gasteiger partial charge is 0.322 e. The fraction of sp³-hybridized carbons (Fsp3) is 0.375. The summed E-state index contributed by atoms with van der Waals surface area (Å²) in [7, 11) is 0. The Kier molecular flexibility index (Phi) is 20.0. The van der Waals surface area contributed by atoms with Crippen LogP contribution in [0.1, 0.15) is 70.4 Å². The SMILES string of the molecule is N#Cc1ccc(NC2CCC(N(C(=O)NCc3ccccc3)c3ccc(-c4ccc(OCCOCCOCCOCCOCCNC(=O)COc5cccc6c5C(=O)N(C5CCC(=O)NC5=O)C6=O)nc4)cc3)CC2)nc1. The highest BCUT2D eigenvalue weighted by atomic mass is 16.6. The zero-order valence-corrected chi connectivity index (χ0v) is 42.5. The third-order valence-electron chi connectivity index (χ3n) is 13.0. The Morgan fingerprint density at radius 1 is 0.688 bits per heavy atom. The largest absolute Gasteiger partial charge is 0.483 e. The molecule has 1 saturated carbocycles. The highest BCUT2D eigenvalue weighted by molar-refractivity contribution is 6.24. The lowest BCUT2D eigenvalue weighted by molar-refractivity contribution is -0.136. The molecule has 7 amide bonds. The van der Waals surface area contributed by atoms with Crippen LogP contribution < -0.4 is 35.6 Å². The number of nitrogens with zero attached hydrogens (tertiary/aromatic N) is 5. The molecule has 1 atom stereocenters. The number of pyridine rings is 2. The number of nitriles is 1. The molecule has 4 N–H and O–H groups in total. The Balaban J connectivity index is 0.654. The zero-order chi connectivity index (χ0) is 53.8. The monoisotopic (exact) mass is 1050 g/mol. The summed E-state index contributed by atoms with van der Waals surface area (Å²) in [6, 6.07) is 30.6. The molecule has 0 spiro atoms. The van der Waals surface area contributed by atoms with Crippen molar-refractivity contribution < 1.29 is 57.2 Å². The molecule has 402 valence electrons. The van der Waals surface area contributed by atoms with Crippen LogP contribution in [-0.2, 0) is 39.9 Å². The van der Waals surface area contributed by atoms with Crippen molar-refractivity contribution >= 4 is 47.1 Å². The first-order valence-electron chi connectivity index (χ1n) is 25.6. The first-order valence-corrected chi connectivity index (χ1v) is 25.6. The number of aromatic nitrogens is 2. The second-order valence-electron chi connectivity index (χ2n) is 18.2. The number of ether oxygens (including phenoxy) is 6. The van der Waals surface area contributed by atoms with E-state index < -0.39 is 42.2 Å². The highest BCUT2D eigenvalue weighted by Gasteiger charge is 2.46. The number of carbonyl (C=O) groups is 6. The van der Waals surface area contributed by atoms with Crippen LogP contribution in [-0.4, -0.2) is 141 Å². The minimum atomic E-state index is -1.11. The Morgan fingerprint density at radius 2 is 1.39 bits per heavy atom. The molecule has 21 heteroatoms. The van der Waals surface area contributed by atoms with Crippen molar-refractivity contribution in [3.8, 4) is 28.8 Å². The van der Waals surface area contributed by atoms with Gasteiger partial charge in [-0.05, 0) is 85.7 Å². The van der Waals surface area contributed by atoms with E-state index in [4.69, 9.17) is 33.7 Å². The summed E-state index contributed by atoms with van der Waals surface area (Å²) in [5, 5.41) is 20.6. The fourth-order valence-corrected chi connectivity index (χ4v) is 9.06. The topological polar surface area (TPSA) is 262 Å². The molecule has 1 aliphatic carbocycles. The summed E-state index contributed by atoms with van der Waals surface area (Å²) in [5.74, 6) is -1.80. The molecule has 8 rings (SSSR count). The van der Waals surface area contributed by atoms with Crippen LogP contribution in [0.3, 0.4) is 0 Å². The predicted octanol–water partition coefficient (Wildman–Crippen LogP) is 5.20. The summed E-state index contributed by atoms with van der Waals surface area (Å²) in [4.78, 5) is 88.0. The minimum Gasteiger partial charge on any atom is -0.483 e. The maximum Gasteiger partial charge on any atom is 0.322 e. The van der Waals surface area contributed by atoms with E-state index in [9.17, 15) is 28.8 Å². The Labute approximate surface area is 445 Å². The molecule has 0 radical (unpaired) electrons. The zero-order valence-electron chi connectivity index (χ0n) is 42.5. The van der Waals surface area contributed by atoms with Crippen molar-refractivity contribution in [1.29, 1.82) is 5.26 Å². The van der Waals surface area contributed by atoms with Crippen LogP contribution in [0.2, 0.25) is 0 Å². The summed E-state index contributed by atoms with van der Waals surface area (Å²) in [6.45, 7) is 3.20. The van der Waals surface area contributed by atoms with Gasteiger partial charge in [-0.1, -0.05) is 48.5 Å². The lowest BCUT2D eigenvalue weighted by Crippen LogP contribution is -2.54. The van der Waals surface area contributed by atoms with Crippen molar-refractivity contribution in [3.63, 3.8) is 0 Å². The van der Waals surface area contributed by atoms with E-state index in [1.807, 2.05) is 77.7 Å². The quantitative estimate of drug-likeness (QED) is 0.0389. The molecule has 4 heterocycles. The first-order chi connectivity index (χ1) is 37.6. The Bertz CT molecular complexity index is 2840. The number of amides is 7. The lowest BCUT2D eigenvalue weighted by atomic mass is 9.89. The molecule has 3 aromatic carbocycles. The number of fused-ring (bicyclic) bond motifs is 1. The third kappa shape index (κ3) is 15.4. The molecular formula is C56H61N9O12. The maximum absolute atomic E-state index is 13.9. The number of piperidine rings is 1. The van der Waals surface area contributed by atoms with Gasteiger partial charge in [0.2, 0.25) is 17.7 Å². The van der Waals surface area contributed by atoms with Gasteiger partial charge in [-0.15, -0.1) is 0 Å². The van der Waals surface area contributed by atoms with Crippen LogP contribution in [0.4, 0.5) is 16.3 Å². The summed E-state index contributed by atoms with van der Waals surface area (Å²) in [6.07, 6.45) is 6.69. The molecule has 5 aromatic rings. The summed E-state index contributed by atoms with van der Waals surface area (Å²) < 4.78 is 33.6. The van der Waals surface area contributed by atoms with Gasteiger partial charge in [0.05, 0.1) is 69.5 Å². The molecule has 3 aliphatic rings. The average Bonchev–Trinajstić information content (AvgIpc) is 3.76. The number of urea groups is 1. The minimum absolute atomic E-state index is 0.000223. The van der Waals surface area contributed by atoms with Crippen molar-refractivity contribution in [2.45, 2.75) is 63.2 Å². The van der Waals surface area contributed by atoms with Gasteiger partial charge in [-0.3, -0.25) is 39.1 Å².